The van der Waals surface area contributed by atoms with Crippen molar-refractivity contribution in [2.45, 2.75) is 43.5 Å². The average Bonchev–Trinajstić information content (AvgIpc) is 3.08. The summed E-state index contributed by atoms with van der Waals surface area (Å²) in [5.74, 6) is 0. The normalized spacial score (nSPS) is 34.9. The highest BCUT2D eigenvalue weighted by Gasteiger charge is 2.44. The van der Waals surface area contributed by atoms with Crippen LogP contribution in [-0.4, -0.2) is 69.8 Å². The topological polar surface area (TPSA) is 104 Å². The minimum atomic E-state index is -1.34. The highest BCUT2D eigenvalue weighted by Crippen LogP contribution is 2.29. The molecular formula is C15H22N2O6. The van der Waals surface area contributed by atoms with Gasteiger partial charge in [0.05, 0.1) is 12.8 Å². The van der Waals surface area contributed by atoms with Crippen LogP contribution in [0.3, 0.4) is 0 Å². The second kappa shape index (κ2) is 6.58. The van der Waals surface area contributed by atoms with Crippen LogP contribution in [0.4, 0.5) is 0 Å². The fourth-order valence-electron chi connectivity index (χ4n) is 3.16. The van der Waals surface area contributed by atoms with Crippen LogP contribution in [0.1, 0.15) is 24.4 Å². The van der Waals surface area contributed by atoms with E-state index in [1.807, 2.05) is 7.05 Å². The number of hydrogen-bond donors (Lipinski definition) is 3. The zero-order valence-corrected chi connectivity index (χ0v) is 12.9. The highest BCUT2D eigenvalue weighted by molar-refractivity contribution is 5.15. The van der Waals surface area contributed by atoms with Gasteiger partial charge in [-0.2, -0.15) is 0 Å². The van der Waals surface area contributed by atoms with Gasteiger partial charge in [0.1, 0.15) is 18.3 Å². The van der Waals surface area contributed by atoms with Crippen LogP contribution >= 0.6 is 0 Å². The molecule has 8 heteroatoms. The molecule has 0 amide bonds. The summed E-state index contributed by atoms with van der Waals surface area (Å²) >= 11 is 0. The van der Waals surface area contributed by atoms with E-state index in [0.29, 0.717) is 0 Å². The minimum absolute atomic E-state index is 0.218. The maximum atomic E-state index is 12.0. The molecule has 2 aliphatic rings. The lowest BCUT2D eigenvalue weighted by Gasteiger charge is -2.22. The number of ether oxygens (including phenoxy) is 1. The summed E-state index contributed by atoms with van der Waals surface area (Å²) in [6.07, 6.45) is -1.06. The van der Waals surface area contributed by atoms with Gasteiger partial charge in [0.2, 0.25) is 0 Å². The standard InChI is InChI=1S/C15H22N2O6/c1-16-6-2-3-10(16)9-4-5-12(19)17(7-9)23-15-14(21)13(20)11(8-18)22-15/h4-5,7,10-11,13-15,18,20-21H,2-3,6,8H2,1H3/t10-,11+,13+,14+,15-/m0/s1. The van der Waals surface area contributed by atoms with E-state index in [0.717, 1.165) is 29.7 Å². The molecule has 0 saturated carbocycles. The maximum Gasteiger partial charge on any atom is 0.283 e. The summed E-state index contributed by atoms with van der Waals surface area (Å²) < 4.78 is 6.25. The van der Waals surface area contributed by atoms with E-state index in [1.165, 1.54) is 6.07 Å². The van der Waals surface area contributed by atoms with E-state index in [9.17, 15) is 15.0 Å². The largest absolute Gasteiger partial charge is 0.394 e. The second-order valence-corrected chi connectivity index (χ2v) is 6.08. The molecule has 0 unspecified atom stereocenters. The van der Waals surface area contributed by atoms with Crippen LogP contribution in [0, 0.1) is 0 Å². The Labute approximate surface area is 133 Å². The molecule has 0 aromatic carbocycles. The van der Waals surface area contributed by atoms with Crippen LogP contribution in [0.5, 0.6) is 0 Å². The SMILES string of the molecule is CN1CCC[C@H]1c1ccc(=O)n(O[C@@H]2O[C@H](CO)[C@@H](O)[C@H]2O)c1. The van der Waals surface area contributed by atoms with Gasteiger partial charge in [0.15, 0.2) is 0 Å². The van der Waals surface area contributed by atoms with Gasteiger partial charge in [-0.3, -0.25) is 9.69 Å². The first-order valence-electron chi connectivity index (χ1n) is 7.73. The van der Waals surface area contributed by atoms with Gasteiger partial charge in [-0.05, 0) is 32.0 Å². The molecule has 3 N–H and O–H groups in total. The molecular weight excluding hydrogens is 304 g/mol. The fraction of sp³-hybridized carbons (Fsp3) is 0.667. The number of hydrogen-bond acceptors (Lipinski definition) is 7. The van der Waals surface area contributed by atoms with Crippen molar-refractivity contribution in [2.24, 2.45) is 0 Å². The monoisotopic (exact) mass is 326 g/mol. The van der Waals surface area contributed by atoms with Crippen molar-refractivity contribution in [3.8, 4) is 0 Å². The maximum absolute atomic E-state index is 12.0. The molecule has 0 bridgehead atoms. The zero-order valence-electron chi connectivity index (χ0n) is 12.9. The molecule has 23 heavy (non-hydrogen) atoms. The smallest absolute Gasteiger partial charge is 0.283 e. The van der Waals surface area contributed by atoms with E-state index in [-0.39, 0.29) is 6.04 Å². The second-order valence-electron chi connectivity index (χ2n) is 6.08. The van der Waals surface area contributed by atoms with Crippen molar-refractivity contribution in [2.75, 3.05) is 20.2 Å². The average molecular weight is 326 g/mol. The van der Waals surface area contributed by atoms with E-state index in [2.05, 4.69) is 4.90 Å². The van der Waals surface area contributed by atoms with Crippen LogP contribution in [0.15, 0.2) is 23.1 Å². The third kappa shape index (κ3) is 3.13. The summed E-state index contributed by atoms with van der Waals surface area (Å²) in [5.41, 5.74) is 0.545. The van der Waals surface area contributed by atoms with E-state index >= 15 is 0 Å². The van der Waals surface area contributed by atoms with Gasteiger partial charge in [-0.25, -0.2) is 0 Å². The van der Waals surface area contributed by atoms with E-state index < -0.39 is 36.8 Å². The molecule has 8 nitrogen and oxygen atoms in total. The number of aliphatic hydroxyl groups excluding tert-OH is 3. The Balaban J connectivity index is 1.79. The Bertz CT molecular complexity index is 606. The first-order valence-corrected chi connectivity index (χ1v) is 7.73. The Morgan fingerprint density at radius 1 is 1.35 bits per heavy atom. The molecule has 0 radical (unpaired) electrons. The van der Waals surface area contributed by atoms with Crippen LogP contribution < -0.4 is 10.4 Å². The third-order valence-electron chi connectivity index (χ3n) is 4.52. The molecule has 1 aromatic heterocycles. The number of aromatic nitrogens is 1. The molecule has 5 atom stereocenters. The number of pyridine rings is 1. The summed E-state index contributed by atoms with van der Waals surface area (Å²) in [4.78, 5) is 19.6. The quantitative estimate of drug-likeness (QED) is 0.617. The predicted octanol–water partition coefficient (Wildman–Crippen LogP) is -1.52. The molecule has 2 fully saturated rings. The van der Waals surface area contributed by atoms with Crippen molar-refractivity contribution in [3.63, 3.8) is 0 Å². The molecule has 3 heterocycles. The van der Waals surface area contributed by atoms with Crippen molar-refractivity contribution in [3.05, 3.63) is 34.2 Å². The van der Waals surface area contributed by atoms with Crippen molar-refractivity contribution in [1.82, 2.24) is 9.63 Å². The number of likely N-dealkylation sites (tertiary alicyclic amines) is 1. The van der Waals surface area contributed by atoms with Gasteiger partial charge in [0.25, 0.3) is 11.8 Å². The Morgan fingerprint density at radius 2 is 2.13 bits per heavy atom. The predicted molar refractivity (Wildman–Crippen MR) is 79.6 cm³/mol. The van der Waals surface area contributed by atoms with Crippen LogP contribution in [0.25, 0.3) is 0 Å². The van der Waals surface area contributed by atoms with Gasteiger partial charge in [0, 0.05) is 12.1 Å². The lowest BCUT2D eigenvalue weighted by atomic mass is 10.1. The third-order valence-corrected chi connectivity index (χ3v) is 4.52. The molecule has 2 saturated heterocycles. The Kier molecular flexibility index (Phi) is 4.69. The molecule has 128 valence electrons. The number of rotatable bonds is 4. The zero-order chi connectivity index (χ0) is 16.6. The highest BCUT2D eigenvalue weighted by atomic mass is 16.8. The van der Waals surface area contributed by atoms with Gasteiger partial charge < -0.3 is 24.9 Å². The summed E-state index contributed by atoms with van der Waals surface area (Å²) in [6, 6.07) is 3.39. The molecule has 0 aliphatic carbocycles. The number of aliphatic hydroxyl groups is 3. The first-order chi connectivity index (χ1) is 11.0. The lowest BCUT2D eigenvalue weighted by Crippen LogP contribution is -2.41. The summed E-state index contributed by atoms with van der Waals surface area (Å²) in [5, 5.41) is 28.7. The van der Waals surface area contributed by atoms with E-state index in [4.69, 9.17) is 14.7 Å². The van der Waals surface area contributed by atoms with Crippen molar-refractivity contribution in [1.29, 1.82) is 0 Å². The van der Waals surface area contributed by atoms with Crippen molar-refractivity contribution >= 4 is 0 Å². The molecule has 1 aromatic rings. The molecule has 3 rings (SSSR count). The van der Waals surface area contributed by atoms with Crippen molar-refractivity contribution < 1.29 is 24.9 Å². The fourth-order valence-corrected chi connectivity index (χ4v) is 3.16. The first kappa shape index (κ1) is 16.4. The van der Waals surface area contributed by atoms with Crippen LogP contribution in [0.2, 0.25) is 0 Å². The Hall–Kier alpha value is -1.45. The van der Waals surface area contributed by atoms with E-state index in [1.54, 1.807) is 12.3 Å². The molecule has 2 aliphatic heterocycles. The van der Waals surface area contributed by atoms with Crippen LogP contribution in [-0.2, 0) is 4.74 Å². The van der Waals surface area contributed by atoms with Gasteiger partial charge in [-0.1, -0.05) is 6.07 Å². The van der Waals surface area contributed by atoms with Gasteiger partial charge in [-0.15, -0.1) is 4.73 Å². The minimum Gasteiger partial charge on any atom is -0.394 e. The lowest BCUT2D eigenvalue weighted by molar-refractivity contribution is -0.173. The summed E-state index contributed by atoms with van der Waals surface area (Å²) in [6.45, 7) is 0.555. The number of nitrogens with zero attached hydrogens (tertiary/aromatic N) is 2. The summed E-state index contributed by atoms with van der Waals surface area (Å²) in [7, 11) is 2.03. The molecule has 0 spiro atoms. The van der Waals surface area contributed by atoms with Gasteiger partial charge >= 0.3 is 0 Å². The Morgan fingerprint density at radius 3 is 2.74 bits per heavy atom.